The second-order valence-electron chi connectivity index (χ2n) is 8.71. The zero-order valence-electron chi connectivity index (χ0n) is 16.9. The Bertz CT molecular complexity index is 1200. The zero-order chi connectivity index (χ0) is 20.5. The van der Waals surface area contributed by atoms with Gasteiger partial charge in [0.05, 0.1) is 43.4 Å². The van der Waals surface area contributed by atoms with Gasteiger partial charge < -0.3 is 19.5 Å². The SMILES string of the molecule is COc1nc(NC(=O)c2cccc3c2OCC3)cn2cc(C34COC(C)(C3)C4)nc12. The number of carbonyl (C=O) groups is 1. The third-order valence-corrected chi connectivity index (χ3v) is 6.47. The first-order valence-corrected chi connectivity index (χ1v) is 10.1. The molecular formula is C22H22N4O4. The Morgan fingerprint density at radius 3 is 2.90 bits per heavy atom. The van der Waals surface area contributed by atoms with Crippen molar-refractivity contribution < 1.29 is 19.0 Å². The van der Waals surface area contributed by atoms with Crippen molar-refractivity contribution in [1.29, 1.82) is 0 Å². The molecular weight excluding hydrogens is 384 g/mol. The van der Waals surface area contributed by atoms with Crippen LogP contribution in [0, 0.1) is 0 Å². The molecule has 0 radical (unpaired) electrons. The van der Waals surface area contributed by atoms with Crippen LogP contribution in [0.25, 0.3) is 5.65 Å². The second-order valence-corrected chi connectivity index (χ2v) is 8.71. The predicted molar refractivity (Wildman–Crippen MR) is 108 cm³/mol. The number of rotatable bonds is 4. The fourth-order valence-corrected chi connectivity index (χ4v) is 5.15. The van der Waals surface area contributed by atoms with Gasteiger partial charge in [-0.05, 0) is 31.4 Å². The van der Waals surface area contributed by atoms with Gasteiger partial charge in [-0.15, -0.1) is 0 Å². The van der Waals surface area contributed by atoms with Crippen molar-refractivity contribution in [3.8, 4) is 11.6 Å². The Kier molecular flexibility index (Phi) is 3.51. The molecule has 2 bridgehead atoms. The van der Waals surface area contributed by atoms with Crippen LogP contribution in [0.2, 0.25) is 0 Å². The van der Waals surface area contributed by atoms with Crippen molar-refractivity contribution >= 4 is 17.4 Å². The molecule has 2 saturated heterocycles. The van der Waals surface area contributed by atoms with Gasteiger partial charge in [-0.2, -0.15) is 4.98 Å². The number of aromatic nitrogens is 3. The lowest BCUT2D eigenvalue weighted by molar-refractivity contribution is 0.0154. The molecule has 8 nitrogen and oxygen atoms in total. The standard InChI is InChI=1S/C22H22N4O4/c1-21-10-22(11-21,12-30-21)15-8-26-9-16(25-20(28-2)18(26)23-15)24-19(27)14-5-3-4-13-6-7-29-17(13)14/h3-5,8-9H,6-7,10-12H2,1-2H3,(H,24,27). The normalized spacial score (nSPS) is 26.2. The number of anilines is 1. The van der Waals surface area contributed by atoms with Crippen LogP contribution < -0.4 is 14.8 Å². The summed E-state index contributed by atoms with van der Waals surface area (Å²) in [5.41, 5.74) is 3.12. The van der Waals surface area contributed by atoms with Gasteiger partial charge in [0.15, 0.2) is 5.82 Å². The van der Waals surface area contributed by atoms with Crippen LogP contribution in [0.5, 0.6) is 11.6 Å². The summed E-state index contributed by atoms with van der Waals surface area (Å²) in [5.74, 6) is 1.15. The third-order valence-electron chi connectivity index (χ3n) is 6.47. The molecule has 1 N–H and O–H groups in total. The Morgan fingerprint density at radius 2 is 2.13 bits per heavy atom. The van der Waals surface area contributed by atoms with Crippen molar-refractivity contribution in [2.45, 2.75) is 37.2 Å². The highest BCUT2D eigenvalue weighted by Crippen LogP contribution is 2.58. The summed E-state index contributed by atoms with van der Waals surface area (Å²) in [4.78, 5) is 22.2. The highest BCUT2D eigenvalue weighted by atomic mass is 16.5. The Hall–Kier alpha value is -3.13. The van der Waals surface area contributed by atoms with Crippen LogP contribution in [0.4, 0.5) is 5.82 Å². The van der Waals surface area contributed by atoms with Crippen LogP contribution in [-0.4, -0.2) is 46.2 Å². The van der Waals surface area contributed by atoms with Crippen molar-refractivity contribution in [3.05, 3.63) is 47.4 Å². The number of amides is 1. The molecule has 0 atom stereocenters. The highest BCUT2D eigenvalue weighted by molar-refractivity contribution is 6.06. The van der Waals surface area contributed by atoms with E-state index in [0.29, 0.717) is 41.9 Å². The maximum atomic E-state index is 12.9. The van der Waals surface area contributed by atoms with Crippen LogP contribution in [0.15, 0.2) is 30.6 Å². The first-order valence-electron chi connectivity index (χ1n) is 10.1. The average molecular weight is 406 g/mol. The lowest BCUT2D eigenvalue weighted by atomic mass is 9.62. The number of carbonyl (C=O) groups excluding carboxylic acids is 1. The van der Waals surface area contributed by atoms with Gasteiger partial charge in [0.1, 0.15) is 5.75 Å². The van der Waals surface area contributed by atoms with Gasteiger partial charge in [0.25, 0.3) is 11.8 Å². The summed E-state index contributed by atoms with van der Waals surface area (Å²) in [6.45, 7) is 3.43. The van der Waals surface area contributed by atoms with E-state index in [1.165, 1.54) is 0 Å². The van der Waals surface area contributed by atoms with Crippen molar-refractivity contribution in [2.75, 3.05) is 25.6 Å². The summed E-state index contributed by atoms with van der Waals surface area (Å²) < 4.78 is 18.9. The van der Waals surface area contributed by atoms with Gasteiger partial charge in [0, 0.05) is 18.0 Å². The molecule has 2 aromatic heterocycles. The monoisotopic (exact) mass is 406 g/mol. The molecule has 5 heterocycles. The summed E-state index contributed by atoms with van der Waals surface area (Å²) in [6, 6.07) is 5.62. The first kappa shape index (κ1) is 17.7. The second kappa shape index (κ2) is 5.95. The van der Waals surface area contributed by atoms with Crippen LogP contribution in [0.1, 0.15) is 41.4 Å². The zero-order valence-corrected chi connectivity index (χ0v) is 16.9. The summed E-state index contributed by atoms with van der Waals surface area (Å²) in [7, 11) is 1.55. The van der Waals surface area contributed by atoms with Crippen LogP contribution in [-0.2, 0) is 16.6 Å². The van der Waals surface area contributed by atoms with Gasteiger partial charge in [-0.3, -0.25) is 9.20 Å². The number of para-hydroxylation sites is 1. The van der Waals surface area contributed by atoms with Gasteiger partial charge >= 0.3 is 0 Å². The number of imidazole rings is 1. The number of hydrogen-bond acceptors (Lipinski definition) is 6. The molecule has 3 aromatic rings. The van der Waals surface area contributed by atoms with E-state index in [4.69, 9.17) is 19.2 Å². The molecule has 1 saturated carbocycles. The van der Waals surface area contributed by atoms with Gasteiger partial charge in [-0.1, -0.05) is 12.1 Å². The Labute approximate surface area is 173 Å². The highest BCUT2D eigenvalue weighted by Gasteiger charge is 2.61. The third kappa shape index (κ3) is 2.46. The minimum Gasteiger partial charge on any atom is -0.492 e. The maximum absolute atomic E-state index is 12.9. The topological polar surface area (TPSA) is 87.0 Å². The fraction of sp³-hybridized carbons (Fsp3) is 0.409. The molecule has 8 heteroatoms. The van der Waals surface area contributed by atoms with Crippen molar-refractivity contribution in [2.24, 2.45) is 0 Å². The lowest BCUT2D eigenvalue weighted by Crippen LogP contribution is -2.45. The molecule has 3 fully saturated rings. The number of benzene rings is 1. The molecule has 3 aliphatic heterocycles. The largest absolute Gasteiger partial charge is 0.492 e. The van der Waals surface area contributed by atoms with E-state index < -0.39 is 0 Å². The van der Waals surface area contributed by atoms with E-state index >= 15 is 0 Å². The molecule has 1 amide bonds. The Morgan fingerprint density at radius 1 is 1.27 bits per heavy atom. The van der Waals surface area contributed by atoms with Crippen LogP contribution in [0.3, 0.4) is 0 Å². The smallest absolute Gasteiger partial charge is 0.260 e. The van der Waals surface area contributed by atoms with E-state index in [1.54, 1.807) is 19.4 Å². The molecule has 154 valence electrons. The summed E-state index contributed by atoms with van der Waals surface area (Å²) >= 11 is 0. The molecule has 0 spiro atoms. The molecule has 1 aromatic carbocycles. The summed E-state index contributed by atoms with van der Waals surface area (Å²) in [6.07, 6.45) is 6.52. The van der Waals surface area contributed by atoms with E-state index in [0.717, 1.165) is 30.5 Å². The molecule has 1 aliphatic carbocycles. The van der Waals surface area contributed by atoms with E-state index in [9.17, 15) is 4.79 Å². The lowest BCUT2D eigenvalue weighted by Gasteiger charge is -2.41. The average Bonchev–Trinajstić information content (AvgIpc) is 3.47. The predicted octanol–water partition coefficient (Wildman–Crippen LogP) is 2.75. The van der Waals surface area contributed by atoms with Crippen LogP contribution >= 0.6 is 0 Å². The van der Waals surface area contributed by atoms with Gasteiger partial charge in [-0.25, -0.2) is 4.98 Å². The number of methoxy groups -OCH3 is 1. The number of ether oxygens (including phenoxy) is 3. The van der Waals surface area contributed by atoms with Crippen molar-refractivity contribution in [3.63, 3.8) is 0 Å². The van der Waals surface area contributed by atoms with Crippen molar-refractivity contribution in [1.82, 2.24) is 14.4 Å². The fourth-order valence-electron chi connectivity index (χ4n) is 5.15. The van der Waals surface area contributed by atoms with Gasteiger partial charge in [0.2, 0.25) is 5.65 Å². The minimum absolute atomic E-state index is 0.0186. The maximum Gasteiger partial charge on any atom is 0.260 e. The molecule has 30 heavy (non-hydrogen) atoms. The number of nitrogens with one attached hydrogen (secondary N) is 1. The quantitative estimate of drug-likeness (QED) is 0.717. The number of hydrogen-bond donors (Lipinski definition) is 1. The van der Waals surface area contributed by atoms with E-state index in [2.05, 4.69) is 17.2 Å². The minimum atomic E-state index is -0.263. The van der Waals surface area contributed by atoms with E-state index in [1.807, 2.05) is 22.7 Å². The Balaban J connectivity index is 1.34. The molecule has 0 unspecified atom stereocenters. The number of fused-ring (bicyclic) bond motifs is 3. The van der Waals surface area contributed by atoms with E-state index in [-0.39, 0.29) is 16.9 Å². The number of nitrogens with zero attached hydrogens (tertiary/aromatic N) is 3. The first-order chi connectivity index (χ1) is 14.5. The molecule has 4 aliphatic rings. The summed E-state index contributed by atoms with van der Waals surface area (Å²) in [5, 5.41) is 2.88. The molecule has 7 rings (SSSR count).